The zero-order valence-corrected chi connectivity index (χ0v) is 6.21. The Hall–Kier alpha value is -0.590. The molecule has 0 N–H and O–H groups in total. The molecule has 0 aromatic rings. The molecule has 0 spiro atoms. The molecule has 0 aliphatic heterocycles. The fraction of sp³-hybridized carbons (Fsp3) is 0.667. The molecule has 1 saturated carbocycles. The van der Waals surface area contributed by atoms with Crippen LogP contribution in [0.3, 0.4) is 0 Å². The Bertz CT molecular complexity index is 193. The number of hydrogen-bond donors (Lipinski definition) is 0. The predicted molar refractivity (Wildman–Crippen MR) is 39.5 cm³/mol. The molecule has 2 bridgehead atoms. The monoisotopic (exact) mass is 136 g/mol. The number of Topliss-reactive ketones (excluding diaryl/α,β-unsaturated/α-hetero) is 1. The standard InChI is InChI=1S/C9H12O/c1-6(10)9-5-7-2-3-8(9)4-7/h2-3,7-9H,4-5H2,1H3/t7-,8+,9?/m0/s1. The molecule has 1 heteroatoms. The Labute approximate surface area is 61.1 Å². The maximum Gasteiger partial charge on any atom is 0.133 e. The summed E-state index contributed by atoms with van der Waals surface area (Å²) in [6.45, 7) is 1.72. The fourth-order valence-corrected chi connectivity index (χ4v) is 2.25. The quantitative estimate of drug-likeness (QED) is 0.502. The molecule has 0 aromatic carbocycles. The van der Waals surface area contributed by atoms with Gasteiger partial charge in [-0.15, -0.1) is 0 Å². The zero-order chi connectivity index (χ0) is 7.14. The molecule has 10 heavy (non-hydrogen) atoms. The average molecular weight is 136 g/mol. The second kappa shape index (κ2) is 1.94. The van der Waals surface area contributed by atoms with E-state index in [0.29, 0.717) is 17.6 Å². The second-order valence-corrected chi connectivity index (χ2v) is 3.50. The first-order chi connectivity index (χ1) is 4.77. The molecule has 0 amide bonds. The maximum atomic E-state index is 11.0. The Kier molecular flexibility index (Phi) is 1.19. The first kappa shape index (κ1) is 6.14. The van der Waals surface area contributed by atoms with Gasteiger partial charge in [0.05, 0.1) is 0 Å². The van der Waals surface area contributed by atoms with E-state index in [2.05, 4.69) is 12.2 Å². The molecule has 1 unspecified atom stereocenters. The molecule has 1 fully saturated rings. The lowest BCUT2D eigenvalue weighted by Gasteiger charge is -2.13. The molecule has 2 aliphatic rings. The van der Waals surface area contributed by atoms with Crippen molar-refractivity contribution >= 4 is 5.78 Å². The number of allylic oxidation sites excluding steroid dienone is 2. The van der Waals surface area contributed by atoms with E-state index in [1.54, 1.807) is 6.92 Å². The van der Waals surface area contributed by atoms with Crippen molar-refractivity contribution < 1.29 is 4.79 Å². The SMILES string of the molecule is CC(=O)C1C[C@H]2C=C[C@@H]1C2. The van der Waals surface area contributed by atoms with Crippen molar-refractivity contribution in [3.8, 4) is 0 Å². The van der Waals surface area contributed by atoms with E-state index in [1.165, 1.54) is 6.42 Å². The van der Waals surface area contributed by atoms with Crippen LogP contribution in [0.25, 0.3) is 0 Å². The first-order valence-corrected chi connectivity index (χ1v) is 3.96. The van der Waals surface area contributed by atoms with Crippen molar-refractivity contribution in [3.05, 3.63) is 12.2 Å². The maximum absolute atomic E-state index is 11.0. The summed E-state index contributed by atoms with van der Waals surface area (Å²) in [5.41, 5.74) is 0. The van der Waals surface area contributed by atoms with Crippen molar-refractivity contribution in [2.45, 2.75) is 19.8 Å². The molecule has 3 atom stereocenters. The highest BCUT2D eigenvalue weighted by atomic mass is 16.1. The van der Waals surface area contributed by atoms with Crippen LogP contribution in [0, 0.1) is 17.8 Å². The molecule has 2 rings (SSSR count). The van der Waals surface area contributed by atoms with Crippen LogP contribution in [0.1, 0.15) is 19.8 Å². The summed E-state index contributed by atoms with van der Waals surface area (Å²) in [5, 5.41) is 0. The third-order valence-corrected chi connectivity index (χ3v) is 2.80. The Morgan fingerprint density at radius 2 is 2.20 bits per heavy atom. The van der Waals surface area contributed by atoms with E-state index < -0.39 is 0 Å². The normalized spacial score (nSPS) is 42.7. The lowest BCUT2D eigenvalue weighted by molar-refractivity contribution is -0.121. The van der Waals surface area contributed by atoms with Crippen LogP contribution in [0.15, 0.2) is 12.2 Å². The molecular weight excluding hydrogens is 124 g/mol. The van der Waals surface area contributed by atoms with Crippen LogP contribution in [0.5, 0.6) is 0 Å². The van der Waals surface area contributed by atoms with E-state index in [9.17, 15) is 4.79 Å². The molecule has 0 heterocycles. The Morgan fingerprint density at radius 1 is 1.40 bits per heavy atom. The fourth-order valence-electron chi connectivity index (χ4n) is 2.25. The predicted octanol–water partition coefficient (Wildman–Crippen LogP) is 1.79. The molecule has 54 valence electrons. The summed E-state index contributed by atoms with van der Waals surface area (Å²) in [6, 6.07) is 0. The van der Waals surface area contributed by atoms with Gasteiger partial charge in [0.15, 0.2) is 0 Å². The average Bonchev–Trinajstić information content (AvgIpc) is 2.44. The molecule has 2 aliphatic carbocycles. The number of hydrogen-bond acceptors (Lipinski definition) is 1. The van der Waals surface area contributed by atoms with E-state index in [1.807, 2.05) is 0 Å². The van der Waals surface area contributed by atoms with Crippen molar-refractivity contribution in [2.75, 3.05) is 0 Å². The lowest BCUT2D eigenvalue weighted by Crippen LogP contribution is -2.15. The van der Waals surface area contributed by atoms with Gasteiger partial charge in [-0.1, -0.05) is 12.2 Å². The number of rotatable bonds is 1. The van der Waals surface area contributed by atoms with Crippen LogP contribution < -0.4 is 0 Å². The highest BCUT2D eigenvalue weighted by molar-refractivity contribution is 5.79. The smallest absolute Gasteiger partial charge is 0.133 e. The second-order valence-electron chi connectivity index (χ2n) is 3.50. The van der Waals surface area contributed by atoms with Gasteiger partial charge in [-0.25, -0.2) is 0 Å². The summed E-state index contributed by atoms with van der Waals surface area (Å²) in [5.74, 6) is 2.09. The minimum atomic E-state index is 0.370. The van der Waals surface area contributed by atoms with Crippen LogP contribution in [-0.4, -0.2) is 5.78 Å². The van der Waals surface area contributed by atoms with Gasteiger partial charge >= 0.3 is 0 Å². The van der Waals surface area contributed by atoms with Crippen molar-refractivity contribution in [1.82, 2.24) is 0 Å². The number of carbonyl (C=O) groups excluding carboxylic acids is 1. The van der Waals surface area contributed by atoms with Gasteiger partial charge in [0.1, 0.15) is 5.78 Å². The summed E-state index contributed by atoms with van der Waals surface area (Å²) < 4.78 is 0. The molecule has 0 aromatic heterocycles. The van der Waals surface area contributed by atoms with Gasteiger partial charge in [-0.3, -0.25) is 4.79 Å². The number of carbonyl (C=O) groups is 1. The van der Waals surface area contributed by atoms with Gasteiger partial charge in [0.2, 0.25) is 0 Å². The van der Waals surface area contributed by atoms with E-state index >= 15 is 0 Å². The minimum Gasteiger partial charge on any atom is -0.300 e. The van der Waals surface area contributed by atoms with Gasteiger partial charge in [-0.2, -0.15) is 0 Å². The van der Waals surface area contributed by atoms with Crippen LogP contribution in [-0.2, 0) is 4.79 Å². The molecular formula is C9H12O. The van der Waals surface area contributed by atoms with Crippen LogP contribution >= 0.6 is 0 Å². The van der Waals surface area contributed by atoms with Gasteiger partial charge in [0, 0.05) is 5.92 Å². The number of fused-ring (bicyclic) bond motifs is 2. The molecule has 0 saturated heterocycles. The summed E-state index contributed by atoms with van der Waals surface area (Å²) in [4.78, 5) is 11.0. The third-order valence-electron chi connectivity index (χ3n) is 2.80. The van der Waals surface area contributed by atoms with E-state index in [-0.39, 0.29) is 0 Å². The Morgan fingerprint density at radius 3 is 2.50 bits per heavy atom. The first-order valence-electron chi connectivity index (χ1n) is 3.96. The van der Waals surface area contributed by atoms with Crippen molar-refractivity contribution in [2.24, 2.45) is 17.8 Å². The highest BCUT2D eigenvalue weighted by Crippen LogP contribution is 2.43. The molecule has 0 radical (unpaired) electrons. The zero-order valence-electron chi connectivity index (χ0n) is 6.21. The number of ketones is 1. The van der Waals surface area contributed by atoms with Gasteiger partial charge in [-0.05, 0) is 31.6 Å². The van der Waals surface area contributed by atoms with Crippen LogP contribution in [0.2, 0.25) is 0 Å². The van der Waals surface area contributed by atoms with Gasteiger partial charge in [0.25, 0.3) is 0 Å². The van der Waals surface area contributed by atoms with E-state index in [0.717, 1.165) is 12.3 Å². The highest BCUT2D eigenvalue weighted by Gasteiger charge is 2.37. The summed E-state index contributed by atoms with van der Waals surface area (Å²) >= 11 is 0. The summed E-state index contributed by atoms with van der Waals surface area (Å²) in [7, 11) is 0. The van der Waals surface area contributed by atoms with Gasteiger partial charge < -0.3 is 0 Å². The lowest BCUT2D eigenvalue weighted by atomic mass is 9.90. The largest absolute Gasteiger partial charge is 0.300 e. The summed E-state index contributed by atoms with van der Waals surface area (Å²) in [6.07, 6.45) is 6.85. The van der Waals surface area contributed by atoms with E-state index in [4.69, 9.17) is 0 Å². The van der Waals surface area contributed by atoms with Crippen molar-refractivity contribution in [1.29, 1.82) is 0 Å². The minimum absolute atomic E-state index is 0.370. The topological polar surface area (TPSA) is 17.1 Å². The van der Waals surface area contributed by atoms with Crippen LogP contribution in [0.4, 0.5) is 0 Å². The van der Waals surface area contributed by atoms with Crippen molar-refractivity contribution in [3.63, 3.8) is 0 Å². The third kappa shape index (κ3) is 0.731. The Balaban J connectivity index is 2.16. The molecule has 1 nitrogen and oxygen atoms in total.